The third kappa shape index (κ3) is 2.76. The molecule has 0 aromatic heterocycles. The van der Waals surface area contributed by atoms with E-state index in [2.05, 4.69) is 25.1 Å². The van der Waals surface area contributed by atoms with Gasteiger partial charge < -0.3 is 9.47 Å². The van der Waals surface area contributed by atoms with E-state index in [1.807, 2.05) is 12.1 Å². The number of allylic oxidation sites excluding steroid dienone is 1. The number of ether oxygens (including phenoxy) is 2. The Kier molecular flexibility index (Phi) is 4.17. The van der Waals surface area contributed by atoms with E-state index in [0.29, 0.717) is 23.5 Å². The topological polar surface area (TPSA) is 52.6 Å². The third-order valence-electron chi connectivity index (χ3n) is 6.77. The highest BCUT2D eigenvalue weighted by molar-refractivity contribution is 5.70. The van der Waals surface area contributed by atoms with Crippen LogP contribution >= 0.6 is 0 Å². The van der Waals surface area contributed by atoms with Crippen molar-refractivity contribution in [3.05, 3.63) is 35.4 Å². The largest absolute Gasteiger partial charge is 0.462 e. The van der Waals surface area contributed by atoms with Crippen molar-refractivity contribution in [1.29, 1.82) is 0 Å². The van der Waals surface area contributed by atoms with Crippen LogP contribution in [0.4, 0.5) is 0 Å². The molecule has 0 spiro atoms. The molecule has 0 aliphatic heterocycles. The van der Waals surface area contributed by atoms with E-state index in [0.717, 1.165) is 31.2 Å². The molecule has 3 aliphatic carbocycles. The van der Waals surface area contributed by atoms with Crippen molar-refractivity contribution >= 4 is 18.0 Å². The van der Waals surface area contributed by atoms with Crippen LogP contribution in [0.15, 0.2) is 24.3 Å². The molecule has 0 saturated heterocycles. The Morgan fingerprint density at radius 1 is 1.12 bits per heavy atom. The molecule has 0 heterocycles. The SMILES string of the molecule is CC(=O)Oc1ccc2c(c1)C=C[C@@H]1[C@@H]2CC[C@]2(C)C(OC(C)=O)CC[C@@H]12. The van der Waals surface area contributed by atoms with E-state index in [-0.39, 0.29) is 23.5 Å². The van der Waals surface area contributed by atoms with Crippen LogP contribution in [-0.2, 0) is 14.3 Å². The molecule has 0 amide bonds. The van der Waals surface area contributed by atoms with Gasteiger partial charge >= 0.3 is 11.9 Å². The Hall–Kier alpha value is -2.10. The van der Waals surface area contributed by atoms with Crippen molar-refractivity contribution in [2.75, 3.05) is 0 Å². The second-order valence-corrected chi connectivity index (χ2v) is 8.25. The monoisotopic (exact) mass is 354 g/mol. The fourth-order valence-corrected chi connectivity index (χ4v) is 5.65. The van der Waals surface area contributed by atoms with Crippen molar-refractivity contribution in [3.8, 4) is 5.75 Å². The molecule has 4 heteroatoms. The Morgan fingerprint density at radius 3 is 2.65 bits per heavy atom. The molecule has 26 heavy (non-hydrogen) atoms. The van der Waals surface area contributed by atoms with Crippen molar-refractivity contribution < 1.29 is 19.1 Å². The van der Waals surface area contributed by atoms with Crippen LogP contribution in [0.5, 0.6) is 5.75 Å². The van der Waals surface area contributed by atoms with Crippen molar-refractivity contribution in [2.45, 2.75) is 58.5 Å². The van der Waals surface area contributed by atoms with E-state index in [9.17, 15) is 9.59 Å². The Morgan fingerprint density at radius 2 is 1.92 bits per heavy atom. The predicted molar refractivity (Wildman–Crippen MR) is 98.6 cm³/mol. The van der Waals surface area contributed by atoms with Gasteiger partial charge in [-0.1, -0.05) is 25.1 Å². The molecule has 138 valence electrons. The van der Waals surface area contributed by atoms with Gasteiger partial charge in [0.1, 0.15) is 11.9 Å². The number of hydrogen-bond acceptors (Lipinski definition) is 4. The van der Waals surface area contributed by atoms with Crippen molar-refractivity contribution in [2.24, 2.45) is 17.3 Å². The predicted octanol–water partition coefficient (Wildman–Crippen LogP) is 4.48. The maximum Gasteiger partial charge on any atom is 0.308 e. The average Bonchev–Trinajstić information content (AvgIpc) is 2.90. The molecule has 4 nitrogen and oxygen atoms in total. The standard InChI is InChI=1S/C22H26O4/c1-13(23)25-16-5-7-17-15(12-16)4-6-19-18(17)10-11-22(3)20(19)8-9-21(22)26-14(2)24/h4-7,12,18-21H,8-11H2,1-3H3/t18-,19-,20+,21?,22+/m1/s1. The zero-order valence-electron chi connectivity index (χ0n) is 15.7. The second-order valence-electron chi connectivity index (χ2n) is 8.25. The zero-order chi connectivity index (χ0) is 18.5. The summed E-state index contributed by atoms with van der Waals surface area (Å²) in [5.41, 5.74) is 2.58. The summed E-state index contributed by atoms with van der Waals surface area (Å²) in [6.07, 6.45) is 8.82. The Bertz CT molecular complexity index is 780. The lowest BCUT2D eigenvalue weighted by atomic mass is 9.57. The van der Waals surface area contributed by atoms with Crippen LogP contribution in [-0.4, -0.2) is 18.0 Å². The Labute approximate surface area is 154 Å². The third-order valence-corrected chi connectivity index (χ3v) is 6.77. The van der Waals surface area contributed by atoms with Crippen LogP contribution in [0.3, 0.4) is 0 Å². The van der Waals surface area contributed by atoms with E-state index in [4.69, 9.17) is 9.47 Å². The molecule has 0 radical (unpaired) electrons. The number of carbonyl (C=O) groups is 2. The minimum absolute atomic E-state index is 0.0482. The maximum absolute atomic E-state index is 11.5. The van der Waals surface area contributed by atoms with Crippen LogP contribution in [0.1, 0.15) is 63.5 Å². The van der Waals surface area contributed by atoms with Gasteiger partial charge in [0, 0.05) is 19.3 Å². The first kappa shape index (κ1) is 17.3. The lowest BCUT2D eigenvalue weighted by Gasteiger charge is -2.48. The maximum atomic E-state index is 11.5. The molecule has 1 aromatic rings. The zero-order valence-corrected chi connectivity index (χ0v) is 15.7. The van der Waals surface area contributed by atoms with Crippen LogP contribution < -0.4 is 4.74 Å². The van der Waals surface area contributed by atoms with Gasteiger partial charge in [0.25, 0.3) is 0 Å². The summed E-state index contributed by atoms with van der Waals surface area (Å²) in [6, 6.07) is 5.99. The molecular formula is C22H26O4. The smallest absolute Gasteiger partial charge is 0.308 e. The van der Waals surface area contributed by atoms with Crippen LogP contribution in [0.25, 0.3) is 6.08 Å². The first-order valence-electron chi connectivity index (χ1n) is 9.56. The molecule has 1 aromatic carbocycles. The first-order valence-corrected chi connectivity index (χ1v) is 9.56. The van der Waals surface area contributed by atoms with Crippen LogP contribution in [0.2, 0.25) is 0 Å². The first-order chi connectivity index (χ1) is 12.4. The van der Waals surface area contributed by atoms with Crippen molar-refractivity contribution in [1.82, 2.24) is 0 Å². The minimum atomic E-state index is -0.293. The number of carbonyl (C=O) groups excluding carboxylic acids is 2. The molecule has 2 saturated carbocycles. The van der Waals surface area contributed by atoms with Gasteiger partial charge in [-0.25, -0.2) is 0 Å². The summed E-state index contributed by atoms with van der Waals surface area (Å²) in [5.74, 6) is 1.68. The van der Waals surface area contributed by atoms with Crippen LogP contribution in [0, 0.1) is 17.3 Å². The summed E-state index contributed by atoms with van der Waals surface area (Å²) in [5, 5.41) is 0. The summed E-state index contributed by atoms with van der Waals surface area (Å²) < 4.78 is 10.9. The lowest BCUT2D eigenvalue weighted by molar-refractivity contribution is -0.154. The number of benzene rings is 1. The fraction of sp³-hybridized carbons (Fsp3) is 0.545. The minimum Gasteiger partial charge on any atom is -0.462 e. The average molecular weight is 354 g/mol. The van der Waals surface area contributed by atoms with Gasteiger partial charge in [-0.2, -0.15) is 0 Å². The summed E-state index contributed by atoms with van der Waals surface area (Å²) in [4.78, 5) is 22.7. The summed E-state index contributed by atoms with van der Waals surface area (Å²) in [7, 11) is 0. The molecule has 5 atom stereocenters. The van der Waals surface area contributed by atoms with Gasteiger partial charge in [-0.05, 0) is 66.7 Å². The molecule has 4 rings (SSSR count). The molecule has 2 fully saturated rings. The number of hydrogen-bond donors (Lipinski definition) is 0. The fourth-order valence-electron chi connectivity index (χ4n) is 5.65. The van der Waals surface area contributed by atoms with E-state index in [1.165, 1.54) is 19.4 Å². The molecule has 1 unspecified atom stereocenters. The number of rotatable bonds is 2. The second kappa shape index (κ2) is 6.26. The quantitative estimate of drug-likeness (QED) is 0.580. The van der Waals surface area contributed by atoms with E-state index < -0.39 is 0 Å². The highest BCUT2D eigenvalue weighted by Gasteiger charge is 2.55. The number of fused-ring (bicyclic) bond motifs is 5. The van der Waals surface area contributed by atoms with Gasteiger partial charge in [-0.15, -0.1) is 0 Å². The normalized spacial score (nSPS) is 34.4. The van der Waals surface area contributed by atoms with Crippen molar-refractivity contribution in [3.63, 3.8) is 0 Å². The summed E-state index contributed by atoms with van der Waals surface area (Å²) >= 11 is 0. The number of esters is 2. The van der Waals surface area contributed by atoms with Gasteiger partial charge in [0.2, 0.25) is 0 Å². The molecule has 3 aliphatic rings. The molecule has 0 N–H and O–H groups in total. The molecule has 0 bridgehead atoms. The van der Waals surface area contributed by atoms with Gasteiger partial charge in [-0.3, -0.25) is 9.59 Å². The van der Waals surface area contributed by atoms with E-state index >= 15 is 0 Å². The Balaban J connectivity index is 1.61. The van der Waals surface area contributed by atoms with Gasteiger partial charge in [0.15, 0.2) is 0 Å². The summed E-state index contributed by atoms with van der Waals surface area (Å²) in [6.45, 7) is 5.24. The highest BCUT2D eigenvalue weighted by Crippen LogP contribution is 2.60. The molecular weight excluding hydrogens is 328 g/mol. The van der Waals surface area contributed by atoms with Gasteiger partial charge in [0.05, 0.1) is 0 Å². The van der Waals surface area contributed by atoms with E-state index in [1.54, 1.807) is 0 Å². The lowest BCUT2D eigenvalue weighted by Crippen LogP contribution is -2.43. The highest BCUT2D eigenvalue weighted by atomic mass is 16.5.